The maximum Gasteiger partial charge on any atom is 0.317 e. The molecule has 5 nitrogen and oxygen atoms in total. The Bertz CT molecular complexity index is 662. The molecule has 1 N–H and O–H groups in total. The van der Waals surface area contributed by atoms with E-state index in [1.54, 1.807) is 4.90 Å². The SMILES string of the molecule is Cc1cc2ccccc2n1CCN(C)C(=O)N[C@@H](C)CN(C)C. The number of hydrogen-bond donors (Lipinski definition) is 1. The van der Waals surface area contributed by atoms with Crippen molar-refractivity contribution in [3.63, 3.8) is 0 Å². The maximum absolute atomic E-state index is 12.2. The van der Waals surface area contributed by atoms with E-state index in [4.69, 9.17) is 0 Å². The largest absolute Gasteiger partial charge is 0.343 e. The van der Waals surface area contributed by atoms with Crippen molar-refractivity contribution in [2.75, 3.05) is 34.2 Å². The third-order valence-corrected chi connectivity index (χ3v) is 4.03. The highest BCUT2D eigenvalue weighted by Crippen LogP contribution is 2.18. The fraction of sp³-hybridized carbons (Fsp3) is 0.500. The molecule has 0 aliphatic rings. The summed E-state index contributed by atoms with van der Waals surface area (Å²) in [7, 11) is 5.86. The van der Waals surface area contributed by atoms with E-state index in [-0.39, 0.29) is 12.1 Å². The van der Waals surface area contributed by atoms with Crippen LogP contribution in [0.1, 0.15) is 12.6 Å². The Morgan fingerprint density at radius 1 is 1.26 bits per heavy atom. The molecule has 1 atom stereocenters. The molecule has 0 fully saturated rings. The van der Waals surface area contributed by atoms with Gasteiger partial charge in [-0.25, -0.2) is 4.79 Å². The first-order valence-electron chi connectivity index (χ1n) is 8.09. The average Bonchev–Trinajstić information content (AvgIpc) is 2.79. The molecule has 0 spiro atoms. The summed E-state index contributed by atoms with van der Waals surface area (Å²) in [6, 6.07) is 10.7. The van der Waals surface area contributed by atoms with Crippen LogP contribution in [0.4, 0.5) is 4.79 Å². The number of urea groups is 1. The number of nitrogens with zero attached hydrogens (tertiary/aromatic N) is 3. The number of nitrogens with one attached hydrogen (secondary N) is 1. The van der Waals surface area contributed by atoms with Gasteiger partial charge in [0, 0.05) is 43.9 Å². The van der Waals surface area contributed by atoms with Crippen molar-refractivity contribution in [1.82, 2.24) is 19.7 Å². The number of carbonyl (C=O) groups is 1. The number of likely N-dealkylation sites (N-methyl/N-ethyl adjacent to an activating group) is 2. The van der Waals surface area contributed by atoms with Crippen molar-refractivity contribution in [1.29, 1.82) is 0 Å². The van der Waals surface area contributed by atoms with Crippen LogP contribution in [0.15, 0.2) is 30.3 Å². The summed E-state index contributed by atoms with van der Waals surface area (Å²) in [6.07, 6.45) is 0. The molecule has 126 valence electrons. The van der Waals surface area contributed by atoms with Crippen LogP contribution in [0.3, 0.4) is 0 Å². The number of para-hydroxylation sites is 1. The van der Waals surface area contributed by atoms with Crippen LogP contribution in [-0.4, -0.2) is 60.7 Å². The molecule has 23 heavy (non-hydrogen) atoms. The predicted molar refractivity (Wildman–Crippen MR) is 95.9 cm³/mol. The van der Waals surface area contributed by atoms with Crippen LogP contribution in [0.5, 0.6) is 0 Å². The summed E-state index contributed by atoms with van der Waals surface area (Å²) in [4.78, 5) is 16.1. The van der Waals surface area contributed by atoms with E-state index in [0.717, 1.165) is 13.1 Å². The minimum absolute atomic E-state index is 0.0199. The monoisotopic (exact) mass is 316 g/mol. The van der Waals surface area contributed by atoms with Crippen LogP contribution < -0.4 is 5.32 Å². The van der Waals surface area contributed by atoms with Gasteiger partial charge in [-0.3, -0.25) is 0 Å². The molecular formula is C18H28N4O. The average molecular weight is 316 g/mol. The molecule has 2 aromatic rings. The lowest BCUT2D eigenvalue weighted by molar-refractivity contribution is 0.201. The minimum atomic E-state index is -0.0199. The van der Waals surface area contributed by atoms with Gasteiger partial charge in [-0.2, -0.15) is 0 Å². The van der Waals surface area contributed by atoms with Gasteiger partial charge in [0.05, 0.1) is 0 Å². The lowest BCUT2D eigenvalue weighted by atomic mass is 10.2. The second-order valence-electron chi connectivity index (χ2n) is 6.53. The van der Waals surface area contributed by atoms with Crippen molar-refractivity contribution < 1.29 is 4.79 Å². The summed E-state index contributed by atoms with van der Waals surface area (Å²) < 4.78 is 2.27. The Labute approximate surface area is 138 Å². The minimum Gasteiger partial charge on any atom is -0.343 e. The van der Waals surface area contributed by atoms with E-state index in [2.05, 4.69) is 52.0 Å². The van der Waals surface area contributed by atoms with E-state index in [1.807, 2.05) is 28.1 Å². The molecule has 0 saturated heterocycles. The highest BCUT2D eigenvalue weighted by Gasteiger charge is 2.13. The highest BCUT2D eigenvalue weighted by atomic mass is 16.2. The first-order chi connectivity index (χ1) is 10.9. The van der Waals surface area contributed by atoms with E-state index in [1.165, 1.54) is 16.6 Å². The van der Waals surface area contributed by atoms with E-state index in [9.17, 15) is 4.79 Å². The van der Waals surface area contributed by atoms with Gasteiger partial charge >= 0.3 is 6.03 Å². The van der Waals surface area contributed by atoms with Gasteiger partial charge in [-0.15, -0.1) is 0 Å². The molecule has 2 amide bonds. The topological polar surface area (TPSA) is 40.5 Å². The van der Waals surface area contributed by atoms with Crippen LogP contribution >= 0.6 is 0 Å². The molecule has 0 radical (unpaired) electrons. The zero-order valence-electron chi connectivity index (χ0n) is 14.8. The number of benzene rings is 1. The maximum atomic E-state index is 12.2. The first-order valence-corrected chi connectivity index (χ1v) is 8.09. The van der Waals surface area contributed by atoms with Gasteiger partial charge in [0.15, 0.2) is 0 Å². The van der Waals surface area contributed by atoms with Crippen molar-refractivity contribution >= 4 is 16.9 Å². The summed E-state index contributed by atoms with van der Waals surface area (Å²) in [5.41, 5.74) is 2.45. The normalized spacial score (nSPS) is 12.6. The molecule has 0 unspecified atom stereocenters. The van der Waals surface area contributed by atoms with Crippen LogP contribution in [-0.2, 0) is 6.54 Å². The smallest absolute Gasteiger partial charge is 0.317 e. The fourth-order valence-electron chi connectivity index (χ4n) is 2.91. The van der Waals surface area contributed by atoms with Gasteiger partial charge in [-0.1, -0.05) is 18.2 Å². The Balaban J connectivity index is 1.94. The molecular weight excluding hydrogens is 288 g/mol. The number of carbonyl (C=O) groups excluding carboxylic acids is 1. The molecule has 0 aliphatic heterocycles. The molecule has 0 aliphatic carbocycles. The standard InChI is InChI=1S/C18H28N4O/c1-14(13-20(3)4)19-18(23)21(5)10-11-22-15(2)12-16-8-6-7-9-17(16)22/h6-9,12,14H,10-11,13H2,1-5H3,(H,19,23)/t14-/m0/s1. The quantitative estimate of drug-likeness (QED) is 0.890. The lowest BCUT2D eigenvalue weighted by Crippen LogP contribution is -2.46. The van der Waals surface area contributed by atoms with E-state index >= 15 is 0 Å². The van der Waals surface area contributed by atoms with Crippen LogP contribution in [0.2, 0.25) is 0 Å². The van der Waals surface area contributed by atoms with E-state index in [0.29, 0.717) is 6.54 Å². The van der Waals surface area contributed by atoms with Crippen molar-refractivity contribution in [2.24, 2.45) is 0 Å². The molecule has 0 bridgehead atoms. The van der Waals surface area contributed by atoms with Gasteiger partial charge in [-0.05, 0) is 45.5 Å². The lowest BCUT2D eigenvalue weighted by Gasteiger charge is -2.23. The van der Waals surface area contributed by atoms with E-state index < -0.39 is 0 Å². The predicted octanol–water partition coefficient (Wildman–Crippen LogP) is 2.54. The van der Waals surface area contributed by atoms with Gasteiger partial charge in [0.1, 0.15) is 0 Å². The number of aryl methyl sites for hydroxylation is 1. The Hall–Kier alpha value is -2.01. The van der Waals surface area contributed by atoms with Crippen molar-refractivity contribution in [3.8, 4) is 0 Å². The molecule has 1 heterocycles. The Morgan fingerprint density at radius 3 is 2.65 bits per heavy atom. The summed E-state index contributed by atoms with van der Waals surface area (Å²) in [5, 5.41) is 4.28. The zero-order chi connectivity index (χ0) is 17.0. The fourth-order valence-corrected chi connectivity index (χ4v) is 2.91. The molecule has 2 rings (SSSR count). The Morgan fingerprint density at radius 2 is 1.96 bits per heavy atom. The van der Waals surface area contributed by atoms with Crippen LogP contribution in [0.25, 0.3) is 10.9 Å². The Kier molecular flexibility index (Phi) is 5.66. The number of rotatable bonds is 6. The third kappa shape index (κ3) is 4.48. The molecule has 5 heteroatoms. The second-order valence-corrected chi connectivity index (χ2v) is 6.53. The first kappa shape index (κ1) is 17.3. The van der Waals surface area contributed by atoms with Gasteiger partial charge in [0.25, 0.3) is 0 Å². The van der Waals surface area contributed by atoms with Crippen molar-refractivity contribution in [3.05, 3.63) is 36.0 Å². The number of amides is 2. The highest BCUT2D eigenvalue weighted by molar-refractivity contribution is 5.81. The van der Waals surface area contributed by atoms with Crippen LogP contribution in [0, 0.1) is 6.92 Å². The second kappa shape index (κ2) is 7.51. The summed E-state index contributed by atoms with van der Waals surface area (Å²) in [5.74, 6) is 0. The molecule has 1 aromatic heterocycles. The van der Waals surface area contributed by atoms with Crippen molar-refractivity contribution in [2.45, 2.75) is 26.4 Å². The van der Waals surface area contributed by atoms with Gasteiger partial charge in [0.2, 0.25) is 0 Å². The summed E-state index contributed by atoms with van der Waals surface area (Å²) >= 11 is 0. The third-order valence-electron chi connectivity index (χ3n) is 4.03. The van der Waals surface area contributed by atoms with Gasteiger partial charge < -0.3 is 19.7 Å². The molecule has 1 aromatic carbocycles. The number of hydrogen-bond acceptors (Lipinski definition) is 2. The summed E-state index contributed by atoms with van der Waals surface area (Å²) in [6.45, 7) is 6.45. The molecule has 0 saturated carbocycles. The number of aromatic nitrogens is 1. The number of fused-ring (bicyclic) bond motifs is 1. The zero-order valence-corrected chi connectivity index (χ0v) is 14.8.